The number of rotatable bonds is 7. The van der Waals surface area contributed by atoms with Crippen LogP contribution in [0.5, 0.6) is 5.75 Å². The molecule has 2 aromatic carbocycles. The van der Waals surface area contributed by atoms with E-state index in [2.05, 4.69) is 14.5 Å². The molecule has 0 N–H and O–H groups in total. The van der Waals surface area contributed by atoms with Gasteiger partial charge in [0, 0.05) is 42.7 Å². The third-order valence-corrected chi connectivity index (χ3v) is 7.25. The minimum Gasteiger partial charge on any atom is -0.491 e. The Labute approximate surface area is 217 Å². The molecular weight excluding hydrogens is 492 g/mol. The molecule has 0 aliphatic carbocycles. The highest BCUT2D eigenvalue weighted by Crippen LogP contribution is 2.39. The van der Waals surface area contributed by atoms with Gasteiger partial charge in [0.15, 0.2) is 5.16 Å². The molecule has 1 saturated heterocycles. The number of morpholine rings is 1. The van der Waals surface area contributed by atoms with Crippen LogP contribution in [0.25, 0.3) is 22.6 Å². The molecule has 0 amide bonds. The van der Waals surface area contributed by atoms with Gasteiger partial charge in [0.1, 0.15) is 18.5 Å². The predicted octanol–water partition coefficient (Wildman–Crippen LogP) is 4.31. The maximum absolute atomic E-state index is 11.4. The second-order valence-corrected chi connectivity index (χ2v) is 9.77. The molecule has 0 spiro atoms. The number of anilines is 1. The van der Waals surface area contributed by atoms with E-state index in [1.165, 1.54) is 6.07 Å². The van der Waals surface area contributed by atoms with Crippen LogP contribution >= 0.6 is 11.8 Å². The van der Waals surface area contributed by atoms with Crippen molar-refractivity contribution in [3.05, 3.63) is 77.0 Å². The minimum absolute atomic E-state index is 0.0321. The van der Waals surface area contributed by atoms with Crippen LogP contribution in [0.15, 0.2) is 72.0 Å². The van der Waals surface area contributed by atoms with Crippen molar-refractivity contribution in [2.45, 2.75) is 17.8 Å². The molecule has 37 heavy (non-hydrogen) atoms. The maximum atomic E-state index is 11.4. The standard InChI is InChI=1S/C26H24N6O4S/c33-32(34)19-6-4-5-18(15-19)23-24(31-12-14-37-26(31)29-23)22-9-10-27-25(28-22)30-11-13-35-21(16-30)17-36-20-7-2-1-3-8-20/h1-10,15,21H,11-14,16-17H2. The molecule has 6 rings (SSSR count). The molecule has 4 heterocycles. The van der Waals surface area contributed by atoms with Gasteiger partial charge in [-0.05, 0) is 18.2 Å². The topological polar surface area (TPSA) is 108 Å². The zero-order valence-electron chi connectivity index (χ0n) is 19.9. The van der Waals surface area contributed by atoms with Gasteiger partial charge in [0.05, 0.1) is 35.2 Å². The molecule has 4 aromatic rings. The van der Waals surface area contributed by atoms with E-state index in [0.717, 1.165) is 34.6 Å². The van der Waals surface area contributed by atoms with Gasteiger partial charge < -0.3 is 18.9 Å². The molecule has 0 bridgehead atoms. The molecule has 0 saturated carbocycles. The molecule has 1 unspecified atom stereocenters. The Bertz CT molecular complexity index is 1430. The van der Waals surface area contributed by atoms with Crippen LogP contribution in [0.1, 0.15) is 0 Å². The van der Waals surface area contributed by atoms with E-state index < -0.39 is 0 Å². The van der Waals surface area contributed by atoms with Crippen LogP contribution < -0.4 is 9.64 Å². The number of imidazole rings is 1. The average molecular weight is 517 g/mol. The number of benzene rings is 2. The molecule has 2 aliphatic heterocycles. The number of hydrogen-bond donors (Lipinski definition) is 0. The summed E-state index contributed by atoms with van der Waals surface area (Å²) in [5, 5.41) is 12.3. The Hall–Kier alpha value is -3.96. The molecule has 1 atom stereocenters. The van der Waals surface area contributed by atoms with Crippen molar-refractivity contribution in [3.63, 3.8) is 0 Å². The van der Waals surface area contributed by atoms with Gasteiger partial charge >= 0.3 is 0 Å². The number of fused-ring (bicyclic) bond motifs is 1. The highest BCUT2D eigenvalue weighted by Gasteiger charge is 2.27. The number of para-hydroxylation sites is 1. The van der Waals surface area contributed by atoms with E-state index in [-0.39, 0.29) is 16.7 Å². The second kappa shape index (κ2) is 10.2. The maximum Gasteiger partial charge on any atom is 0.270 e. The molecule has 0 radical (unpaired) electrons. The van der Waals surface area contributed by atoms with Gasteiger partial charge in [-0.25, -0.2) is 15.0 Å². The van der Waals surface area contributed by atoms with Crippen molar-refractivity contribution in [2.75, 3.05) is 37.0 Å². The molecule has 11 heteroatoms. The van der Waals surface area contributed by atoms with Crippen LogP contribution in [-0.4, -0.2) is 62.6 Å². The molecule has 2 aliphatic rings. The number of nitro groups is 1. The highest BCUT2D eigenvalue weighted by atomic mass is 32.2. The zero-order valence-corrected chi connectivity index (χ0v) is 20.7. The molecule has 10 nitrogen and oxygen atoms in total. The first kappa shape index (κ1) is 23.4. The largest absolute Gasteiger partial charge is 0.491 e. The summed E-state index contributed by atoms with van der Waals surface area (Å²) < 4.78 is 14.0. The van der Waals surface area contributed by atoms with Crippen molar-refractivity contribution in [1.29, 1.82) is 0 Å². The van der Waals surface area contributed by atoms with E-state index in [1.807, 2.05) is 42.5 Å². The lowest BCUT2D eigenvalue weighted by Crippen LogP contribution is -2.45. The van der Waals surface area contributed by atoms with Gasteiger partial charge in [-0.2, -0.15) is 0 Å². The van der Waals surface area contributed by atoms with Crippen molar-refractivity contribution in [2.24, 2.45) is 0 Å². The first-order valence-electron chi connectivity index (χ1n) is 12.0. The van der Waals surface area contributed by atoms with Crippen LogP contribution in [0, 0.1) is 10.1 Å². The number of aromatic nitrogens is 4. The molecule has 1 fully saturated rings. The van der Waals surface area contributed by atoms with Crippen molar-refractivity contribution >= 4 is 23.4 Å². The summed E-state index contributed by atoms with van der Waals surface area (Å²) >= 11 is 1.67. The summed E-state index contributed by atoms with van der Waals surface area (Å²) in [6.45, 7) is 3.06. The number of hydrogen-bond acceptors (Lipinski definition) is 9. The van der Waals surface area contributed by atoms with Gasteiger partial charge in [0.25, 0.3) is 5.69 Å². The first-order valence-corrected chi connectivity index (χ1v) is 13.0. The van der Waals surface area contributed by atoms with Crippen LogP contribution in [0.2, 0.25) is 0 Å². The minimum atomic E-state index is -0.388. The third-order valence-electron chi connectivity index (χ3n) is 6.30. The van der Waals surface area contributed by atoms with Crippen molar-refractivity contribution in [1.82, 2.24) is 19.5 Å². The monoisotopic (exact) mass is 516 g/mol. The first-order chi connectivity index (χ1) is 18.2. The number of thioether (sulfide) groups is 1. The molecular formula is C26H24N6O4S. The fourth-order valence-electron chi connectivity index (χ4n) is 4.55. The summed E-state index contributed by atoms with van der Waals surface area (Å²) in [5.41, 5.74) is 2.99. The molecule has 188 valence electrons. The average Bonchev–Trinajstić information content (AvgIpc) is 3.55. The lowest BCUT2D eigenvalue weighted by Gasteiger charge is -2.32. The Morgan fingerprint density at radius 2 is 2.00 bits per heavy atom. The van der Waals surface area contributed by atoms with Crippen LogP contribution in [0.4, 0.5) is 11.6 Å². The van der Waals surface area contributed by atoms with E-state index in [4.69, 9.17) is 19.4 Å². The summed E-state index contributed by atoms with van der Waals surface area (Å²) in [5.74, 6) is 2.34. The quantitative estimate of drug-likeness (QED) is 0.262. The zero-order chi connectivity index (χ0) is 25.2. The Kier molecular flexibility index (Phi) is 6.46. The van der Waals surface area contributed by atoms with E-state index >= 15 is 0 Å². The Morgan fingerprint density at radius 3 is 2.86 bits per heavy atom. The SMILES string of the molecule is O=[N+]([O-])c1cccc(-c2nc3n(c2-c2ccnc(N4CCOC(COc5ccccc5)C4)n2)CCS3)c1. The highest BCUT2D eigenvalue weighted by molar-refractivity contribution is 7.99. The second-order valence-electron chi connectivity index (χ2n) is 8.70. The lowest BCUT2D eigenvalue weighted by molar-refractivity contribution is -0.384. The number of nitrogens with zero attached hydrogens (tertiary/aromatic N) is 6. The van der Waals surface area contributed by atoms with Crippen LogP contribution in [0.3, 0.4) is 0 Å². The summed E-state index contributed by atoms with van der Waals surface area (Å²) in [6, 6.07) is 18.1. The summed E-state index contributed by atoms with van der Waals surface area (Å²) in [7, 11) is 0. The van der Waals surface area contributed by atoms with Crippen LogP contribution in [-0.2, 0) is 11.3 Å². The third kappa shape index (κ3) is 4.87. The van der Waals surface area contributed by atoms with E-state index in [1.54, 1.807) is 30.1 Å². The smallest absolute Gasteiger partial charge is 0.270 e. The number of non-ortho nitro benzene ring substituents is 1. The Morgan fingerprint density at radius 1 is 1.11 bits per heavy atom. The van der Waals surface area contributed by atoms with Gasteiger partial charge in [-0.3, -0.25) is 10.1 Å². The van der Waals surface area contributed by atoms with E-state index in [9.17, 15) is 10.1 Å². The fraction of sp³-hybridized carbons (Fsp3) is 0.269. The van der Waals surface area contributed by atoms with Crippen molar-refractivity contribution < 1.29 is 14.4 Å². The lowest BCUT2D eigenvalue weighted by atomic mass is 10.1. The van der Waals surface area contributed by atoms with Gasteiger partial charge in [-0.15, -0.1) is 0 Å². The van der Waals surface area contributed by atoms with Crippen molar-refractivity contribution in [3.8, 4) is 28.4 Å². The van der Waals surface area contributed by atoms with E-state index in [0.29, 0.717) is 43.5 Å². The molecule has 2 aromatic heterocycles. The summed E-state index contributed by atoms with van der Waals surface area (Å²) in [6.07, 6.45) is 1.64. The predicted molar refractivity (Wildman–Crippen MR) is 140 cm³/mol. The van der Waals surface area contributed by atoms with Gasteiger partial charge in [0.2, 0.25) is 5.95 Å². The normalized spacial score (nSPS) is 17.0. The Balaban J connectivity index is 1.28. The fourth-order valence-corrected chi connectivity index (χ4v) is 5.50. The van der Waals surface area contributed by atoms with Gasteiger partial charge in [-0.1, -0.05) is 42.1 Å². The number of ether oxygens (including phenoxy) is 2. The summed E-state index contributed by atoms with van der Waals surface area (Å²) in [4.78, 5) is 27.4. The number of nitro benzene ring substituents is 1.